The molecule has 7 heteroatoms. The van der Waals surface area contributed by atoms with Gasteiger partial charge < -0.3 is 19.5 Å². The maximum atomic E-state index is 12.5. The van der Waals surface area contributed by atoms with Crippen LogP contribution in [-0.2, 0) is 24.3 Å². The second kappa shape index (κ2) is 10.6. The fourth-order valence-corrected chi connectivity index (χ4v) is 5.33. The molecule has 4 aromatic rings. The molecule has 1 aromatic heterocycles. The number of carboxylic acid groups (broad SMARTS) is 1. The van der Waals surface area contributed by atoms with Crippen molar-refractivity contribution in [1.82, 2.24) is 14.5 Å². The average molecular weight is 498 g/mol. The van der Waals surface area contributed by atoms with Gasteiger partial charge in [-0.3, -0.25) is 9.69 Å². The fraction of sp³-hybridized carbons (Fsp3) is 0.267. The number of imidazole rings is 1. The second-order valence-corrected chi connectivity index (χ2v) is 9.51. The first kappa shape index (κ1) is 24.7. The summed E-state index contributed by atoms with van der Waals surface area (Å²) < 4.78 is 7.39. The Kier molecular flexibility index (Phi) is 7.08. The van der Waals surface area contributed by atoms with Gasteiger partial charge >= 0.3 is 5.97 Å². The number of carboxylic acids is 1. The Hall–Kier alpha value is -3.94. The number of aliphatic hydroxyl groups is 1. The molecule has 3 aromatic carbocycles. The third-order valence-electron chi connectivity index (χ3n) is 7.20. The fourth-order valence-electron chi connectivity index (χ4n) is 5.33. The molecule has 0 amide bonds. The largest absolute Gasteiger partial charge is 0.496 e. The number of aromatic nitrogens is 2. The Morgan fingerprint density at radius 1 is 1.05 bits per heavy atom. The number of benzene rings is 3. The van der Waals surface area contributed by atoms with E-state index in [-0.39, 0.29) is 13.0 Å². The summed E-state index contributed by atoms with van der Waals surface area (Å²) in [6.07, 6.45) is 0.978. The predicted octanol–water partition coefficient (Wildman–Crippen LogP) is 4.21. The monoisotopic (exact) mass is 497 g/mol. The van der Waals surface area contributed by atoms with E-state index in [4.69, 9.17) is 4.74 Å². The van der Waals surface area contributed by atoms with Crippen LogP contribution in [0.5, 0.6) is 5.75 Å². The van der Waals surface area contributed by atoms with Gasteiger partial charge in [-0.2, -0.15) is 0 Å². The minimum Gasteiger partial charge on any atom is -0.496 e. The van der Waals surface area contributed by atoms with Crippen molar-refractivity contribution in [3.8, 4) is 5.75 Å². The molecule has 5 rings (SSSR count). The summed E-state index contributed by atoms with van der Waals surface area (Å²) in [5.41, 5.74) is 5.66. The molecule has 2 atom stereocenters. The lowest BCUT2D eigenvalue weighted by Gasteiger charge is -2.40. The molecule has 0 saturated carbocycles. The van der Waals surface area contributed by atoms with E-state index in [9.17, 15) is 15.0 Å². The molecular weight excluding hydrogens is 466 g/mol. The van der Waals surface area contributed by atoms with Gasteiger partial charge in [-0.1, -0.05) is 72.8 Å². The third-order valence-corrected chi connectivity index (χ3v) is 7.20. The number of rotatable bonds is 8. The molecule has 37 heavy (non-hydrogen) atoms. The number of nitrogens with zero attached hydrogens (tertiary/aromatic N) is 3. The quantitative estimate of drug-likeness (QED) is 0.379. The average Bonchev–Trinajstić information content (AvgIpc) is 3.31. The van der Waals surface area contributed by atoms with Crippen LogP contribution in [0, 0.1) is 6.92 Å². The van der Waals surface area contributed by atoms with Crippen LogP contribution >= 0.6 is 0 Å². The molecule has 0 saturated heterocycles. The summed E-state index contributed by atoms with van der Waals surface area (Å²) in [4.78, 5) is 18.8. The first-order chi connectivity index (χ1) is 18.0. The van der Waals surface area contributed by atoms with E-state index in [2.05, 4.69) is 11.1 Å². The van der Waals surface area contributed by atoms with Crippen molar-refractivity contribution in [3.63, 3.8) is 0 Å². The first-order valence-corrected chi connectivity index (χ1v) is 12.4. The van der Waals surface area contributed by atoms with Crippen LogP contribution in [0.1, 0.15) is 39.6 Å². The first-order valence-electron chi connectivity index (χ1n) is 12.4. The Labute approximate surface area is 216 Å². The summed E-state index contributed by atoms with van der Waals surface area (Å²) in [6.45, 7) is 2.83. The van der Waals surface area contributed by atoms with Crippen LogP contribution in [0.4, 0.5) is 0 Å². The summed E-state index contributed by atoms with van der Waals surface area (Å²) in [5, 5.41) is 21.9. The number of aliphatic hydroxyl groups excluding tert-OH is 1. The number of hydrogen-bond acceptors (Lipinski definition) is 5. The van der Waals surface area contributed by atoms with Crippen LogP contribution in [0.2, 0.25) is 0 Å². The Morgan fingerprint density at radius 2 is 1.70 bits per heavy atom. The molecule has 190 valence electrons. The molecule has 2 heterocycles. The maximum Gasteiger partial charge on any atom is 0.321 e. The van der Waals surface area contributed by atoms with Crippen molar-refractivity contribution < 1.29 is 19.7 Å². The molecule has 0 bridgehead atoms. The van der Waals surface area contributed by atoms with Gasteiger partial charge in [-0.25, -0.2) is 4.98 Å². The van der Waals surface area contributed by atoms with E-state index in [1.807, 2.05) is 84.3 Å². The van der Waals surface area contributed by atoms with E-state index in [1.165, 1.54) is 0 Å². The number of carbonyl (C=O) groups is 1. The van der Waals surface area contributed by atoms with Crippen molar-refractivity contribution in [2.45, 2.75) is 44.6 Å². The molecule has 0 fully saturated rings. The molecular formula is C30H31N3O4. The molecule has 0 aliphatic carbocycles. The third kappa shape index (κ3) is 5.01. The predicted molar refractivity (Wildman–Crippen MR) is 140 cm³/mol. The van der Waals surface area contributed by atoms with Crippen LogP contribution < -0.4 is 4.74 Å². The number of methoxy groups -OCH3 is 1. The minimum absolute atomic E-state index is 0.248. The highest BCUT2D eigenvalue weighted by atomic mass is 16.5. The standard InChI is InChI=1S/C30H31N3O4/c1-20-15-21(13-14-27(20)37-2)17-32-19-31-24-18-33(26(30(35)36)16-25(24)32)29(34)28(22-9-5-3-6-10-22)23-11-7-4-8-12-23/h3-15,19,26,28-29,34H,16-18H2,1-2H3,(H,35,36). The Morgan fingerprint density at radius 3 is 2.27 bits per heavy atom. The van der Waals surface area contributed by atoms with Gasteiger partial charge in [0.05, 0.1) is 19.1 Å². The van der Waals surface area contributed by atoms with Gasteiger partial charge in [0.1, 0.15) is 18.0 Å². The van der Waals surface area contributed by atoms with Gasteiger partial charge in [0.25, 0.3) is 0 Å². The Balaban J connectivity index is 1.46. The van der Waals surface area contributed by atoms with E-state index >= 15 is 0 Å². The van der Waals surface area contributed by atoms with E-state index in [0.717, 1.165) is 39.4 Å². The van der Waals surface area contributed by atoms with Gasteiger partial charge in [0, 0.05) is 31.1 Å². The van der Waals surface area contributed by atoms with Crippen molar-refractivity contribution in [2.75, 3.05) is 7.11 Å². The number of aliphatic carboxylic acids is 1. The molecule has 2 N–H and O–H groups in total. The summed E-state index contributed by atoms with van der Waals surface area (Å²) in [5.74, 6) is -0.536. The van der Waals surface area contributed by atoms with Crippen molar-refractivity contribution in [2.24, 2.45) is 0 Å². The van der Waals surface area contributed by atoms with Crippen molar-refractivity contribution >= 4 is 5.97 Å². The summed E-state index contributed by atoms with van der Waals surface area (Å²) >= 11 is 0. The molecule has 1 aliphatic heterocycles. The highest BCUT2D eigenvalue weighted by Gasteiger charge is 2.40. The molecule has 0 spiro atoms. The molecule has 1 aliphatic rings. The number of hydrogen-bond donors (Lipinski definition) is 2. The van der Waals surface area contributed by atoms with Crippen LogP contribution in [0.25, 0.3) is 0 Å². The molecule has 7 nitrogen and oxygen atoms in total. The number of fused-ring (bicyclic) bond motifs is 1. The second-order valence-electron chi connectivity index (χ2n) is 9.51. The Bertz CT molecular complexity index is 1330. The normalized spacial score (nSPS) is 16.4. The summed E-state index contributed by atoms with van der Waals surface area (Å²) in [6, 6.07) is 24.6. The van der Waals surface area contributed by atoms with Crippen molar-refractivity contribution in [1.29, 1.82) is 0 Å². The van der Waals surface area contributed by atoms with Crippen LogP contribution in [0.3, 0.4) is 0 Å². The highest BCUT2D eigenvalue weighted by Crippen LogP contribution is 2.34. The van der Waals surface area contributed by atoms with Gasteiger partial charge in [-0.15, -0.1) is 0 Å². The summed E-state index contributed by atoms with van der Waals surface area (Å²) in [7, 11) is 1.65. The van der Waals surface area contributed by atoms with Crippen LogP contribution in [0.15, 0.2) is 85.2 Å². The molecule has 2 unspecified atom stereocenters. The molecule has 0 radical (unpaired) electrons. The lowest BCUT2D eigenvalue weighted by atomic mass is 9.87. The van der Waals surface area contributed by atoms with E-state index in [1.54, 1.807) is 18.3 Å². The lowest BCUT2D eigenvalue weighted by molar-refractivity contribution is -0.151. The maximum absolute atomic E-state index is 12.5. The smallest absolute Gasteiger partial charge is 0.321 e. The number of ether oxygens (including phenoxy) is 1. The minimum atomic E-state index is -1.05. The van der Waals surface area contributed by atoms with Crippen LogP contribution in [-0.4, -0.2) is 50.0 Å². The van der Waals surface area contributed by atoms with Gasteiger partial charge in [0.15, 0.2) is 0 Å². The zero-order chi connectivity index (χ0) is 25.9. The number of aryl methyl sites for hydroxylation is 1. The SMILES string of the molecule is COc1ccc(Cn2cnc3c2CC(C(=O)O)N(C(O)C(c2ccccc2)c2ccccc2)C3)cc1C. The lowest BCUT2D eigenvalue weighted by Crippen LogP contribution is -2.53. The highest BCUT2D eigenvalue weighted by molar-refractivity contribution is 5.74. The van der Waals surface area contributed by atoms with Gasteiger partial charge in [-0.05, 0) is 35.2 Å². The zero-order valence-electron chi connectivity index (χ0n) is 21.0. The van der Waals surface area contributed by atoms with E-state index < -0.39 is 24.2 Å². The van der Waals surface area contributed by atoms with E-state index in [0.29, 0.717) is 6.54 Å². The van der Waals surface area contributed by atoms with Gasteiger partial charge in [0.2, 0.25) is 0 Å². The topological polar surface area (TPSA) is 87.8 Å². The zero-order valence-corrected chi connectivity index (χ0v) is 21.0. The van der Waals surface area contributed by atoms with Crippen molar-refractivity contribution in [3.05, 3.63) is 119 Å².